The molecule has 0 aliphatic rings. The van der Waals surface area contributed by atoms with E-state index in [1.807, 2.05) is 97.6 Å². The summed E-state index contributed by atoms with van der Waals surface area (Å²) in [5.41, 5.74) is 2.80. The number of nitrogens with zero attached hydrogens (tertiary/aromatic N) is 3. The van der Waals surface area contributed by atoms with Gasteiger partial charge in [0.15, 0.2) is 0 Å². The fourth-order valence-electron chi connectivity index (χ4n) is 3.49. The first kappa shape index (κ1) is 20.1. The third kappa shape index (κ3) is 4.07. The quantitative estimate of drug-likeness (QED) is 0.373. The zero-order valence-corrected chi connectivity index (χ0v) is 17.8. The number of aromatic nitrogens is 2. The highest BCUT2D eigenvalue weighted by Gasteiger charge is 2.23. The lowest BCUT2D eigenvalue weighted by molar-refractivity contribution is -0.117. The number of rotatable bonds is 6. The Bertz CT molecular complexity index is 1150. The maximum Gasteiger partial charge on any atom is 0.240 e. The molecule has 0 spiro atoms. The SMILES string of the molecule is CCN(C(=O)[C@@H](C)Sc1nnc(-c2ccccc2)c2ccccc12)c1ccccc1. The Morgan fingerprint density at radius 2 is 1.47 bits per heavy atom. The number of thioether (sulfide) groups is 1. The van der Waals surface area contributed by atoms with Crippen LogP contribution in [0.1, 0.15) is 13.8 Å². The summed E-state index contributed by atoms with van der Waals surface area (Å²) in [6.45, 7) is 4.54. The van der Waals surface area contributed by atoms with Gasteiger partial charge in [0.1, 0.15) is 10.7 Å². The molecule has 3 aromatic carbocycles. The fourth-order valence-corrected chi connectivity index (χ4v) is 4.44. The summed E-state index contributed by atoms with van der Waals surface area (Å²) in [6.07, 6.45) is 0. The molecule has 30 heavy (non-hydrogen) atoms. The van der Waals surface area contributed by atoms with E-state index in [0.717, 1.165) is 32.7 Å². The number of amides is 1. The van der Waals surface area contributed by atoms with Crippen molar-refractivity contribution in [2.24, 2.45) is 0 Å². The summed E-state index contributed by atoms with van der Waals surface area (Å²) in [6, 6.07) is 27.9. The van der Waals surface area contributed by atoms with Crippen molar-refractivity contribution in [3.8, 4) is 11.3 Å². The Labute approximate surface area is 181 Å². The van der Waals surface area contributed by atoms with E-state index in [1.54, 1.807) is 0 Å². The summed E-state index contributed by atoms with van der Waals surface area (Å²) in [7, 11) is 0. The molecule has 4 rings (SSSR count). The zero-order valence-electron chi connectivity index (χ0n) is 17.0. The number of fused-ring (bicyclic) bond motifs is 1. The van der Waals surface area contributed by atoms with Crippen molar-refractivity contribution in [2.45, 2.75) is 24.1 Å². The van der Waals surface area contributed by atoms with Gasteiger partial charge < -0.3 is 4.90 Å². The first-order valence-corrected chi connectivity index (χ1v) is 10.9. The second-order valence-electron chi connectivity index (χ2n) is 6.94. The van der Waals surface area contributed by atoms with Crippen LogP contribution in [0.3, 0.4) is 0 Å². The number of anilines is 1. The Balaban J connectivity index is 1.65. The average Bonchev–Trinajstić information content (AvgIpc) is 2.81. The van der Waals surface area contributed by atoms with Gasteiger partial charge in [-0.15, -0.1) is 10.2 Å². The molecule has 4 nitrogen and oxygen atoms in total. The van der Waals surface area contributed by atoms with Crippen LogP contribution in [0.25, 0.3) is 22.0 Å². The number of carbonyl (C=O) groups excluding carboxylic acids is 1. The lowest BCUT2D eigenvalue weighted by Crippen LogP contribution is -2.36. The molecule has 1 atom stereocenters. The van der Waals surface area contributed by atoms with Crippen LogP contribution in [0.4, 0.5) is 5.69 Å². The minimum absolute atomic E-state index is 0.0618. The highest BCUT2D eigenvalue weighted by Crippen LogP contribution is 2.34. The molecule has 0 radical (unpaired) electrons. The van der Waals surface area contributed by atoms with Crippen molar-refractivity contribution in [1.82, 2.24) is 10.2 Å². The Kier molecular flexibility index (Phi) is 6.10. The van der Waals surface area contributed by atoms with Crippen molar-refractivity contribution in [3.05, 3.63) is 84.9 Å². The summed E-state index contributed by atoms with van der Waals surface area (Å²) >= 11 is 1.46. The maximum absolute atomic E-state index is 13.2. The van der Waals surface area contributed by atoms with E-state index >= 15 is 0 Å². The molecule has 5 heteroatoms. The van der Waals surface area contributed by atoms with Crippen molar-refractivity contribution in [1.29, 1.82) is 0 Å². The maximum atomic E-state index is 13.2. The molecule has 0 N–H and O–H groups in total. The number of carbonyl (C=O) groups is 1. The minimum atomic E-state index is -0.287. The van der Waals surface area contributed by atoms with Gasteiger partial charge in [-0.05, 0) is 26.0 Å². The average molecular weight is 414 g/mol. The first-order valence-electron chi connectivity index (χ1n) is 10.0. The minimum Gasteiger partial charge on any atom is -0.312 e. The number of para-hydroxylation sites is 1. The van der Waals surface area contributed by atoms with Crippen LogP contribution in [-0.4, -0.2) is 27.9 Å². The van der Waals surface area contributed by atoms with Gasteiger partial charge in [-0.25, -0.2) is 0 Å². The molecular formula is C25H23N3OS. The van der Waals surface area contributed by atoms with Gasteiger partial charge in [0, 0.05) is 28.6 Å². The molecule has 1 aromatic heterocycles. The molecule has 1 heterocycles. The molecule has 0 bridgehead atoms. The van der Waals surface area contributed by atoms with E-state index in [0.29, 0.717) is 6.54 Å². The third-order valence-electron chi connectivity index (χ3n) is 4.99. The van der Waals surface area contributed by atoms with Crippen LogP contribution < -0.4 is 4.90 Å². The second kappa shape index (κ2) is 9.09. The number of benzene rings is 3. The van der Waals surface area contributed by atoms with Gasteiger partial charge in [0.05, 0.1) is 5.25 Å². The van der Waals surface area contributed by atoms with E-state index < -0.39 is 0 Å². The molecule has 0 saturated carbocycles. The Hall–Kier alpha value is -3.18. The first-order chi connectivity index (χ1) is 14.7. The van der Waals surface area contributed by atoms with Crippen molar-refractivity contribution >= 4 is 34.1 Å². The van der Waals surface area contributed by atoms with E-state index in [1.165, 1.54) is 11.8 Å². The predicted molar refractivity (Wildman–Crippen MR) is 125 cm³/mol. The second-order valence-corrected chi connectivity index (χ2v) is 8.27. The van der Waals surface area contributed by atoms with Crippen LogP contribution >= 0.6 is 11.8 Å². The smallest absolute Gasteiger partial charge is 0.240 e. The Morgan fingerprint density at radius 3 is 2.13 bits per heavy atom. The standard InChI is InChI=1S/C25H23N3OS/c1-3-28(20-14-8-5-9-15-20)25(29)18(2)30-24-22-17-11-10-16-21(22)23(26-27-24)19-12-6-4-7-13-19/h4-18H,3H2,1-2H3/t18-/m1/s1. The Morgan fingerprint density at radius 1 is 0.867 bits per heavy atom. The summed E-state index contributed by atoms with van der Waals surface area (Å²) in [5, 5.41) is 11.6. The lowest BCUT2D eigenvalue weighted by atomic mass is 10.1. The van der Waals surface area contributed by atoms with Crippen molar-refractivity contribution in [2.75, 3.05) is 11.4 Å². The molecule has 150 valence electrons. The third-order valence-corrected chi connectivity index (χ3v) is 6.07. The fraction of sp³-hybridized carbons (Fsp3) is 0.160. The summed E-state index contributed by atoms with van der Waals surface area (Å²) in [5.74, 6) is 0.0618. The zero-order chi connectivity index (χ0) is 20.9. The van der Waals surface area contributed by atoms with Crippen LogP contribution in [0.5, 0.6) is 0 Å². The monoisotopic (exact) mass is 413 g/mol. The van der Waals surface area contributed by atoms with Gasteiger partial charge in [0.2, 0.25) is 5.91 Å². The van der Waals surface area contributed by atoms with E-state index in [2.05, 4.69) is 16.3 Å². The molecule has 0 unspecified atom stereocenters. The van der Waals surface area contributed by atoms with E-state index in [4.69, 9.17) is 0 Å². The van der Waals surface area contributed by atoms with Gasteiger partial charge in [-0.1, -0.05) is 84.6 Å². The summed E-state index contributed by atoms with van der Waals surface area (Å²) < 4.78 is 0. The molecule has 4 aromatic rings. The summed E-state index contributed by atoms with van der Waals surface area (Å²) in [4.78, 5) is 15.0. The van der Waals surface area contributed by atoms with E-state index in [9.17, 15) is 4.79 Å². The van der Waals surface area contributed by atoms with Gasteiger partial charge in [-0.3, -0.25) is 4.79 Å². The molecule has 0 aliphatic heterocycles. The number of hydrogen-bond donors (Lipinski definition) is 0. The normalized spacial score (nSPS) is 11.9. The highest BCUT2D eigenvalue weighted by atomic mass is 32.2. The van der Waals surface area contributed by atoms with Gasteiger partial charge in [0.25, 0.3) is 0 Å². The van der Waals surface area contributed by atoms with E-state index in [-0.39, 0.29) is 11.2 Å². The highest BCUT2D eigenvalue weighted by molar-refractivity contribution is 8.00. The molecule has 1 amide bonds. The topological polar surface area (TPSA) is 46.1 Å². The molecule has 0 saturated heterocycles. The van der Waals surface area contributed by atoms with Crippen LogP contribution in [0.15, 0.2) is 90.0 Å². The molecule has 0 fully saturated rings. The predicted octanol–water partition coefficient (Wildman–Crippen LogP) is 5.83. The molecular weight excluding hydrogens is 390 g/mol. The van der Waals surface area contributed by atoms with Gasteiger partial charge >= 0.3 is 0 Å². The van der Waals surface area contributed by atoms with Crippen LogP contribution in [0.2, 0.25) is 0 Å². The van der Waals surface area contributed by atoms with Gasteiger partial charge in [-0.2, -0.15) is 0 Å². The van der Waals surface area contributed by atoms with Crippen molar-refractivity contribution in [3.63, 3.8) is 0 Å². The van der Waals surface area contributed by atoms with Crippen LogP contribution in [0, 0.1) is 0 Å². The molecule has 0 aliphatic carbocycles. The van der Waals surface area contributed by atoms with Crippen LogP contribution in [-0.2, 0) is 4.79 Å². The number of hydrogen-bond acceptors (Lipinski definition) is 4. The van der Waals surface area contributed by atoms with Crippen molar-refractivity contribution < 1.29 is 4.79 Å². The lowest BCUT2D eigenvalue weighted by Gasteiger charge is -2.24. The largest absolute Gasteiger partial charge is 0.312 e.